The van der Waals surface area contributed by atoms with Crippen molar-refractivity contribution < 1.29 is 24.1 Å². The summed E-state index contributed by atoms with van der Waals surface area (Å²) in [4.78, 5) is 0. The summed E-state index contributed by atoms with van der Waals surface area (Å²) in [5.74, 6) is 2.55. The highest BCUT2D eigenvalue weighted by atomic mass is 79.9. The van der Waals surface area contributed by atoms with Crippen LogP contribution >= 0.6 is 28.3 Å². The highest BCUT2D eigenvalue weighted by molar-refractivity contribution is 9.10. The number of benzene rings is 2. The topological polar surface area (TPSA) is 69.2 Å². The number of hydrogen-bond donors (Lipinski definition) is 2. The van der Waals surface area contributed by atoms with Crippen molar-refractivity contribution in [3.05, 3.63) is 45.9 Å². The zero-order valence-corrected chi connectivity index (χ0v) is 20.0. The van der Waals surface area contributed by atoms with Gasteiger partial charge in [-0.05, 0) is 64.2 Å². The molecule has 8 heteroatoms. The molecular weight excluding hydrogens is 486 g/mol. The Morgan fingerprint density at radius 2 is 1.90 bits per heavy atom. The summed E-state index contributed by atoms with van der Waals surface area (Å²) in [6.45, 7) is 1.09. The molecule has 1 atom stereocenters. The number of ether oxygens (including phenoxy) is 4. The van der Waals surface area contributed by atoms with Crippen molar-refractivity contribution in [3.63, 3.8) is 0 Å². The molecule has 0 aromatic heterocycles. The van der Waals surface area contributed by atoms with Gasteiger partial charge in [-0.25, -0.2) is 0 Å². The first kappa shape index (κ1) is 24.0. The van der Waals surface area contributed by atoms with Gasteiger partial charge in [-0.2, -0.15) is 0 Å². The van der Waals surface area contributed by atoms with E-state index in [4.69, 9.17) is 18.9 Å². The molecule has 1 aliphatic carbocycles. The Morgan fingerprint density at radius 1 is 1.13 bits per heavy atom. The highest BCUT2D eigenvalue weighted by Gasteiger charge is 2.19. The van der Waals surface area contributed by atoms with E-state index in [0.717, 1.165) is 16.6 Å². The van der Waals surface area contributed by atoms with Crippen LogP contribution in [-0.2, 0) is 6.54 Å². The summed E-state index contributed by atoms with van der Waals surface area (Å²) in [5.41, 5.74) is 1.84. The van der Waals surface area contributed by atoms with Crippen LogP contribution < -0.4 is 24.3 Å². The van der Waals surface area contributed by atoms with Crippen LogP contribution in [0.3, 0.4) is 0 Å². The molecule has 0 bridgehead atoms. The van der Waals surface area contributed by atoms with Gasteiger partial charge in [-0.3, -0.25) is 0 Å². The van der Waals surface area contributed by atoms with E-state index in [1.807, 2.05) is 18.2 Å². The van der Waals surface area contributed by atoms with Gasteiger partial charge in [0.25, 0.3) is 0 Å². The van der Waals surface area contributed by atoms with E-state index in [-0.39, 0.29) is 25.8 Å². The molecule has 6 nitrogen and oxygen atoms in total. The Kier molecular flexibility index (Phi) is 8.72. The lowest BCUT2D eigenvalue weighted by molar-refractivity contribution is 0.105. The molecule has 170 valence electrons. The molecule has 1 heterocycles. The monoisotopic (exact) mass is 513 g/mol. The summed E-state index contributed by atoms with van der Waals surface area (Å²) < 4.78 is 23.0. The van der Waals surface area contributed by atoms with Crippen molar-refractivity contribution >= 4 is 28.3 Å². The first-order valence-electron chi connectivity index (χ1n) is 10.4. The summed E-state index contributed by atoms with van der Waals surface area (Å²) in [6.07, 6.45) is 5.66. The third-order valence-electron chi connectivity index (χ3n) is 5.66. The molecule has 0 radical (unpaired) electrons. The minimum Gasteiger partial charge on any atom is -0.493 e. The number of halogens is 2. The van der Waals surface area contributed by atoms with Crippen molar-refractivity contribution in [2.75, 3.05) is 20.5 Å². The molecule has 1 aliphatic heterocycles. The second-order valence-electron chi connectivity index (χ2n) is 7.76. The molecule has 2 N–H and O–H groups in total. The van der Waals surface area contributed by atoms with E-state index < -0.39 is 6.10 Å². The lowest BCUT2D eigenvalue weighted by Gasteiger charge is -2.23. The third kappa shape index (κ3) is 5.98. The second kappa shape index (κ2) is 11.3. The molecule has 31 heavy (non-hydrogen) atoms. The summed E-state index contributed by atoms with van der Waals surface area (Å²) in [7, 11) is 1.63. The zero-order valence-electron chi connectivity index (χ0n) is 17.6. The van der Waals surface area contributed by atoms with Crippen molar-refractivity contribution in [1.82, 2.24) is 5.32 Å². The summed E-state index contributed by atoms with van der Waals surface area (Å²) in [6, 6.07) is 10.0. The summed E-state index contributed by atoms with van der Waals surface area (Å²) >= 11 is 3.60. The first-order chi connectivity index (χ1) is 14.6. The largest absolute Gasteiger partial charge is 0.493 e. The minimum absolute atomic E-state index is 0. The molecule has 4 rings (SSSR count). The van der Waals surface area contributed by atoms with Gasteiger partial charge in [0.2, 0.25) is 6.79 Å². The third-order valence-corrected chi connectivity index (χ3v) is 6.25. The molecule has 1 unspecified atom stereocenters. The maximum Gasteiger partial charge on any atom is 0.231 e. The van der Waals surface area contributed by atoms with Crippen molar-refractivity contribution in [3.8, 4) is 23.0 Å². The zero-order chi connectivity index (χ0) is 20.9. The van der Waals surface area contributed by atoms with Gasteiger partial charge in [0.1, 0.15) is 12.7 Å². The number of nitrogens with one attached hydrogen (secondary N) is 1. The highest BCUT2D eigenvalue weighted by Crippen LogP contribution is 2.38. The molecule has 2 aliphatic rings. The average Bonchev–Trinajstić information content (AvgIpc) is 3.25. The van der Waals surface area contributed by atoms with Gasteiger partial charge in [-0.15, -0.1) is 12.4 Å². The van der Waals surface area contributed by atoms with Crippen molar-refractivity contribution in [2.24, 2.45) is 0 Å². The molecule has 1 fully saturated rings. The van der Waals surface area contributed by atoms with Crippen LogP contribution in [0.15, 0.2) is 34.8 Å². The Morgan fingerprint density at radius 3 is 2.68 bits per heavy atom. The minimum atomic E-state index is -0.802. The maximum absolute atomic E-state index is 10.6. The Bertz CT molecular complexity index is 875. The molecule has 2 aromatic rings. The number of methoxy groups -OCH3 is 1. The normalized spacial score (nSPS) is 16.5. The van der Waals surface area contributed by atoms with E-state index in [2.05, 4.69) is 21.2 Å². The Hall–Kier alpha value is -1.67. The van der Waals surface area contributed by atoms with E-state index in [1.54, 1.807) is 19.2 Å². The van der Waals surface area contributed by atoms with E-state index in [9.17, 15) is 5.11 Å². The van der Waals surface area contributed by atoms with E-state index in [1.165, 1.54) is 32.1 Å². The first-order valence-corrected chi connectivity index (χ1v) is 11.2. The van der Waals surface area contributed by atoms with Crippen molar-refractivity contribution in [2.45, 2.75) is 50.8 Å². The van der Waals surface area contributed by atoms with E-state index in [0.29, 0.717) is 34.6 Å². The van der Waals surface area contributed by atoms with Gasteiger partial charge in [0.05, 0.1) is 11.6 Å². The molecule has 0 amide bonds. The van der Waals surface area contributed by atoms with Crippen LogP contribution in [0.5, 0.6) is 23.0 Å². The van der Waals surface area contributed by atoms with Gasteiger partial charge in [-0.1, -0.05) is 25.3 Å². The summed E-state index contributed by atoms with van der Waals surface area (Å²) in [5, 5.41) is 14.2. The number of rotatable bonds is 8. The molecule has 2 aromatic carbocycles. The second-order valence-corrected chi connectivity index (χ2v) is 8.62. The van der Waals surface area contributed by atoms with Crippen LogP contribution in [0.25, 0.3) is 0 Å². The number of hydrogen-bond acceptors (Lipinski definition) is 6. The molecule has 0 saturated heterocycles. The Balaban J connectivity index is 0.00000272. The van der Waals surface area contributed by atoms with Crippen LogP contribution in [0.2, 0.25) is 0 Å². The van der Waals surface area contributed by atoms with Gasteiger partial charge >= 0.3 is 0 Å². The fourth-order valence-corrected chi connectivity index (χ4v) is 4.57. The molecule has 0 spiro atoms. The van der Waals surface area contributed by atoms with Crippen LogP contribution in [-0.4, -0.2) is 31.7 Å². The standard InChI is InChI=1S/C23H28BrNO5.ClH/c1-27-22-10-15(12-25-17-5-3-2-4-6-17)9-18(24)23(22)28-13-19(26)16-7-8-20-21(11-16)30-14-29-20;/h7-11,17,19,25-26H,2-6,12-14H2,1H3;1H. The number of aliphatic hydroxyl groups is 1. The SMILES string of the molecule is COc1cc(CNC2CCCCC2)cc(Br)c1OCC(O)c1ccc2c(c1)OCO2.Cl. The average molecular weight is 515 g/mol. The lowest BCUT2D eigenvalue weighted by Crippen LogP contribution is -2.30. The predicted molar refractivity (Wildman–Crippen MR) is 125 cm³/mol. The number of fused-ring (bicyclic) bond motifs is 1. The Labute approximate surface area is 197 Å². The molecular formula is C23H29BrClNO5. The lowest BCUT2D eigenvalue weighted by atomic mass is 9.95. The van der Waals surface area contributed by atoms with Gasteiger partial charge < -0.3 is 29.4 Å². The van der Waals surface area contributed by atoms with Gasteiger partial charge in [0, 0.05) is 12.6 Å². The fraction of sp³-hybridized carbons (Fsp3) is 0.478. The van der Waals surface area contributed by atoms with Crippen molar-refractivity contribution in [1.29, 1.82) is 0 Å². The quantitative estimate of drug-likeness (QED) is 0.508. The predicted octanol–water partition coefficient (Wildman–Crippen LogP) is 5.14. The fourth-order valence-electron chi connectivity index (χ4n) is 3.96. The molecule has 1 saturated carbocycles. The van der Waals surface area contributed by atoms with E-state index >= 15 is 0 Å². The van der Waals surface area contributed by atoms with Crippen LogP contribution in [0, 0.1) is 0 Å². The van der Waals surface area contributed by atoms with Crippen LogP contribution in [0.4, 0.5) is 0 Å². The number of aliphatic hydroxyl groups excluding tert-OH is 1. The van der Waals surface area contributed by atoms with Gasteiger partial charge in [0.15, 0.2) is 23.0 Å². The van der Waals surface area contributed by atoms with Crippen LogP contribution in [0.1, 0.15) is 49.3 Å². The smallest absolute Gasteiger partial charge is 0.231 e. The maximum atomic E-state index is 10.6.